The number of benzene rings is 1. The Kier molecular flexibility index (Phi) is 5.53. The molecule has 1 amide bonds. The van der Waals surface area contributed by atoms with E-state index in [2.05, 4.69) is 4.98 Å². The summed E-state index contributed by atoms with van der Waals surface area (Å²) in [6.45, 7) is 7.13. The Labute approximate surface area is 132 Å². The molecule has 0 saturated carbocycles. The molecule has 4 nitrogen and oxygen atoms in total. The molecule has 0 fully saturated rings. The summed E-state index contributed by atoms with van der Waals surface area (Å²) in [6.07, 6.45) is 7.66. The zero-order valence-corrected chi connectivity index (χ0v) is 13.4. The van der Waals surface area contributed by atoms with Crippen LogP contribution in [0.2, 0.25) is 0 Å². The zero-order valence-electron chi connectivity index (χ0n) is 13.4. The minimum absolute atomic E-state index is 0.112. The Morgan fingerprint density at radius 3 is 2.68 bits per heavy atom. The van der Waals surface area contributed by atoms with Crippen LogP contribution in [0.25, 0.3) is 6.08 Å². The molecule has 2 aromatic rings. The van der Waals surface area contributed by atoms with Crippen molar-refractivity contribution in [1.82, 2.24) is 14.5 Å². The Hall–Kier alpha value is -2.36. The van der Waals surface area contributed by atoms with Crippen molar-refractivity contribution < 1.29 is 4.79 Å². The van der Waals surface area contributed by atoms with Crippen molar-refractivity contribution in [3.63, 3.8) is 0 Å². The van der Waals surface area contributed by atoms with Gasteiger partial charge in [0.1, 0.15) is 11.9 Å². The summed E-state index contributed by atoms with van der Waals surface area (Å²) in [6, 6.07) is 9.87. The second-order valence-corrected chi connectivity index (χ2v) is 5.25. The molecule has 0 aliphatic carbocycles. The Morgan fingerprint density at radius 1 is 1.36 bits per heavy atom. The summed E-state index contributed by atoms with van der Waals surface area (Å²) in [5, 5.41) is 0. The fraction of sp³-hybridized carbons (Fsp3) is 0.333. The van der Waals surface area contributed by atoms with Crippen molar-refractivity contribution in [2.45, 2.75) is 26.8 Å². The fourth-order valence-corrected chi connectivity index (χ4v) is 2.44. The van der Waals surface area contributed by atoms with Gasteiger partial charge < -0.3 is 9.47 Å². The van der Waals surface area contributed by atoms with Gasteiger partial charge in [-0.25, -0.2) is 4.98 Å². The van der Waals surface area contributed by atoms with Gasteiger partial charge in [0.05, 0.1) is 0 Å². The third-order valence-electron chi connectivity index (χ3n) is 3.77. The predicted octanol–water partition coefficient (Wildman–Crippen LogP) is 3.31. The van der Waals surface area contributed by atoms with Crippen LogP contribution in [0.5, 0.6) is 0 Å². The Balaban J connectivity index is 2.00. The normalized spacial score (nSPS) is 12.5. The van der Waals surface area contributed by atoms with E-state index in [1.165, 1.54) is 0 Å². The molecule has 0 unspecified atom stereocenters. The van der Waals surface area contributed by atoms with Gasteiger partial charge >= 0.3 is 0 Å². The van der Waals surface area contributed by atoms with Crippen LogP contribution in [-0.2, 0) is 4.79 Å². The molecule has 0 bridgehead atoms. The minimum atomic E-state index is -0.229. The van der Waals surface area contributed by atoms with Gasteiger partial charge in [-0.1, -0.05) is 42.5 Å². The van der Waals surface area contributed by atoms with Gasteiger partial charge in [0.25, 0.3) is 0 Å². The first-order valence-corrected chi connectivity index (χ1v) is 7.63. The minimum Gasteiger partial charge on any atom is -0.337 e. The number of rotatable bonds is 6. The van der Waals surface area contributed by atoms with E-state index >= 15 is 0 Å². The lowest BCUT2D eigenvalue weighted by Gasteiger charge is -2.24. The van der Waals surface area contributed by atoms with Crippen molar-refractivity contribution in [1.29, 1.82) is 0 Å². The molecular weight excluding hydrogens is 274 g/mol. The highest BCUT2D eigenvalue weighted by Crippen LogP contribution is 2.12. The maximum Gasteiger partial charge on any atom is 0.245 e. The first kappa shape index (κ1) is 16.0. The molecule has 0 saturated heterocycles. The van der Waals surface area contributed by atoms with Gasteiger partial charge in [-0.05, 0) is 26.3 Å². The first-order valence-electron chi connectivity index (χ1n) is 7.63. The van der Waals surface area contributed by atoms with Crippen LogP contribution in [0.1, 0.15) is 31.3 Å². The topological polar surface area (TPSA) is 38.1 Å². The molecule has 0 N–H and O–H groups in total. The molecule has 0 radical (unpaired) electrons. The highest BCUT2D eigenvalue weighted by atomic mass is 16.2. The second kappa shape index (κ2) is 7.59. The van der Waals surface area contributed by atoms with E-state index in [1.54, 1.807) is 6.20 Å². The van der Waals surface area contributed by atoms with E-state index in [9.17, 15) is 4.79 Å². The standard InChI is InChI=1S/C18H23N3O/c1-4-20(13-8-11-17-9-6-5-7-10-17)18(22)15(2)21-14-12-19-16(21)3/h5-12,14-15H,4,13H2,1-3H3/b11-8+/t15-/m0/s1. The number of hydrogen-bond donors (Lipinski definition) is 0. The van der Waals surface area contributed by atoms with Crippen LogP contribution in [0.4, 0.5) is 0 Å². The van der Waals surface area contributed by atoms with Crippen molar-refractivity contribution in [3.05, 3.63) is 60.2 Å². The van der Waals surface area contributed by atoms with Gasteiger partial charge in [-0.2, -0.15) is 0 Å². The number of hydrogen-bond acceptors (Lipinski definition) is 2. The Morgan fingerprint density at radius 2 is 2.09 bits per heavy atom. The number of aryl methyl sites for hydroxylation is 1. The van der Waals surface area contributed by atoms with Gasteiger partial charge in [0, 0.05) is 25.5 Å². The van der Waals surface area contributed by atoms with Crippen molar-refractivity contribution in [3.8, 4) is 0 Å². The molecule has 0 aliphatic heterocycles. The molecule has 1 aromatic heterocycles. The maximum absolute atomic E-state index is 12.6. The lowest BCUT2D eigenvalue weighted by Crippen LogP contribution is -2.36. The first-order chi connectivity index (χ1) is 10.6. The van der Waals surface area contributed by atoms with Gasteiger partial charge in [-0.3, -0.25) is 4.79 Å². The second-order valence-electron chi connectivity index (χ2n) is 5.25. The number of amides is 1. The summed E-state index contributed by atoms with van der Waals surface area (Å²) in [7, 11) is 0. The summed E-state index contributed by atoms with van der Waals surface area (Å²) >= 11 is 0. The van der Waals surface area contributed by atoms with Crippen molar-refractivity contribution in [2.24, 2.45) is 0 Å². The number of carbonyl (C=O) groups excluding carboxylic acids is 1. The largest absolute Gasteiger partial charge is 0.337 e. The van der Waals surface area contributed by atoms with E-state index in [1.807, 2.05) is 78.9 Å². The van der Waals surface area contributed by atoms with E-state index < -0.39 is 0 Å². The van der Waals surface area contributed by atoms with Gasteiger partial charge in [0.2, 0.25) is 5.91 Å². The molecule has 1 aromatic carbocycles. The number of likely N-dealkylation sites (N-methyl/N-ethyl adjacent to an activating group) is 1. The smallest absolute Gasteiger partial charge is 0.245 e. The molecule has 1 atom stereocenters. The van der Waals surface area contributed by atoms with Crippen LogP contribution in [0.3, 0.4) is 0 Å². The summed E-state index contributed by atoms with van der Waals surface area (Å²) in [5.41, 5.74) is 1.14. The zero-order chi connectivity index (χ0) is 15.9. The Bertz CT molecular complexity index is 631. The third kappa shape index (κ3) is 3.85. The van der Waals surface area contributed by atoms with E-state index in [-0.39, 0.29) is 11.9 Å². The average molecular weight is 297 g/mol. The monoisotopic (exact) mass is 297 g/mol. The summed E-state index contributed by atoms with van der Waals surface area (Å²) in [4.78, 5) is 18.6. The molecule has 4 heteroatoms. The van der Waals surface area contributed by atoms with E-state index in [4.69, 9.17) is 0 Å². The highest BCUT2D eigenvalue weighted by molar-refractivity contribution is 5.80. The average Bonchev–Trinajstić information content (AvgIpc) is 2.97. The number of imidazole rings is 1. The quantitative estimate of drug-likeness (QED) is 0.820. The van der Waals surface area contributed by atoms with Crippen LogP contribution < -0.4 is 0 Å². The SMILES string of the molecule is CCN(C/C=C/c1ccccc1)C(=O)[C@H](C)n1ccnc1C. The number of aromatic nitrogens is 2. The molecule has 22 heavy (non-hydrogen) atoms. The number of carbonyl (C=O) groups is 1. The molecular formula is C18H23N3O. The van der Waals surface area contributed by atoms with Crippen LogP contribution in [0, 0.1) is 6.92 Å². The van der Waals surface area contributed by atoms with E-state index in [0.29, 0.717) is 13.1 Å². The highest BCUT2D eigenvalue weighted by Gasteiger charge is 2.20. The third-order valence-corrected chi connectivity index (χ3v) is 3.77. The lowest BCUT2D eigenvalue weighted by molar-refractivity contribution is -0.133. The molecule has 0 spiro atoms. The molecule has 116 valence electrons. The van der Waals surface area contributed by atoms with Gasteiger partial charge in [0.15, 0.2) is 0 Å². The predicted molar refractivity (Wildman–Crippen MR) is 89.4 cm³/mol. The fourth-order valence-electron chi connectivity index (χ4n) is 2.44. The van der Waals surface area contributed by atoms with Crippen LogP contribution in [-0.4, -0.2) is 33.4 Å². The summed E-state index contributed by atoms with van der Waals surface area (Å²) < 4.78 is 1.91. The lowest BCUT2D eigenvalue weighted by atomic mass is 10.2. The van der Waals surface area contributed by atoms with Crippen molar-refractivity contribution in [2.75, 3.05) is 13.1 Å². The van der Waals surface area contributed by atoms with Crippen LogP contribution in [0.15, 0.2) is 48.8 Å². The molecule has 0 aliphatic rings. The molecule has 2 rings (SSSR count). The summed E-state index contributed by atoms with van der Waals surface area (Å²) in [5.74, 6) is 0.970. The van der Waals surface area contributed by atoms with Crippen molar-refractivity contribution >= 4 is 12.0 Å². The maximum atomic E-state index is 12.6. The van der Waals surface area contributed by atoms with Crippen LogP contribution >= 0.6 is 0 Å². The van der Waals surface area contributed by atoms with Gasteiger partial charge in [-0.15, -0.1) is 0 Å². The van der Waals surface area contributed by atoms with E-state index in [0.717, 1.165) is 11.4 Å². The number of nitrogens with zero attached hydrogens (tertiary/aromatic N) is 3. The molecule has 1 heterocycles.